The van der Waals surface area contributed by atoms with Gasteiger partial charge in [0.05, 0.1) is 24.4 Å². The minimum atomic E-state index is -0.161. The Bertz CT molecular complexity index is 693. The fourth-order valence-corrected chi connectivity index (χ4v) is 3.02. The zero-order valence-electron chi connectivity index (χ0n) is 11.1. The van der Waals surface area contributed by atoms with Crippen LogP contribution in [-0.4, -0.2) is 46.2 Å². The van der Waals surface area contributed by atoms with Crippen LogP contribution in [0.5, 0.6) is 0 Å². The van der Waals surface area contributed by atoms with E-state index in [0.29, 0.717) is 29.9 Å². The molecular formula is C13H15N3O3S. The summed E-state index contributed by atoms with van der Waals surface area (Å²) in [5.41, 5.74) is -0.161. The SMILES string of the molecule is C[C@H]1CN(C(=O)Cn2cnc3sccc3c2=O)CCO1. The van der Waals surface area contributed by atoms with Crippen molar-refractivity contribution in [1.29, 1.82) is 0 Å². The normalized spacial score (nSPS) is 19.4. The second-order valence-electron chi connectivity index (χ2n) is 4.84. The van der Waals surface area contributed by atoms with E-state index < -0.39 is 0 Å². The molecule has 0 aliphatic carbocycles. The largest absolute Gasteiger partial charge is 0.375 e. The lowest BCUT2D eigenvalue weighted by molar-refractivity contribution is -0.138. The lowest BCUT2D eigenvalue weighted by atomic mass is 10.3. The summed E-state index contributed by atoms with van der Waals surface area (Å²) in [6.45, 7) is 3.66. The Morgan fingerprint density at radius 1 is 1.60 bits per heavy atom. The van der Waals surface area contributed by atoms with Crippen molar-refractivity contribution in [2.75, 3.05) is 19.7 Å². The van der Waals surface area contributed by atoms with Gasteiger partial charge < -0.3 is 9.64 Å². The number of rotatable bonds is 2. The fourth-order valence-electron chi connectivity index (χ4n) is 2.30. The molecule has 1 aliphatic heterocycles. The summed E-state index contributed by atoms with van der Waals surface area (Å²) >= 11 is 1.42. The van der Waals surface area contributed by atoms with E-state index in [-0.39, 0.29) is 24.1 Å². The molecule has 1 atom stereocenters. The molecule has 20 heavy (non-hydrogen) atoms. The summed E-state index contributed by atoms with van der Waals surface area (Å²) in [6.07, 6.45) is 1.49. The number of amides is 1. The highest BCUT2D eigenvalue weighted by Gasteiger charge is 2.22. The Labute approximate surface area is 119 Å². The molecule has 7 heteroatoms. The molecule has 0 unspecified atom stereocenters. The van der Waals surface area contributed by atoms with Crippen LogP contribution in [0.2, 0.25) is 0 Å². The molecule has 0 bridgehead atoms. The lowest BCUT2D eigenvalue weighted by Gasteiger charge is -2.31. The molecule has 1 fully saturated rings. The van der Waals surface area contributed by atoms with Crippen LogP contribution in [0.3, 0.4) is 0 Å². The number of ether oxygens (including phenoxy) is 1. The maximum absolute atomic E-state index is 12.2. The van der Waals surface area contributed by atoms with Crippen molar-refractivity contribution in [1.82, 2.24) is 14.5 Å². The third-order valence-electron chi connectivity index (χ3n) is 3.35. The van der Waals surface area contributed by atoms with Crippen molar-refractivity contribution in [3.63, 3.8) is 0 Å². The average molecular weight is 293 g/mol. The molecule has 106 valence electrons. The summed E-state index contributed by atoms with van der Waals surface area (Å²) in [5, 5.41) is 2.40. The van der Waals surface area contributed by atoms with Gasteiger partial charge in [-0.15, -0.1) is 11.3 Å². The molecule has 3 heterocycles. The number of carbonyl (C=O) groups is 1. The highest BCUT2D eigenvalue weighted by molar-refractivity contribution is 7.16. The topological polar surface area (TPSA) is 64.4 Å². The number of nitrogens with zero attached hydrogens (tertiary/aromatic N) is 3. The van der Waals surface area contributed by atoms with E-state index in [0.717, 1.165) is 0 Å². The number of morpholine rings is 1. The number of aromatic nitrogens is 2. The van der Waals surface area contributed by atoms with Crippen LogP contribution in [0.25, 0.3) is 10.2 Å². The Hall–Kier alpha value is -1.73. The first kappa shape index (κ1) is 13.3. The predicted molar refractivity (Wildman–Crippen MR) is 75.9 cm³/mol. The van der Waals surface area contributed by atoms with Crippen LogP contribution in [0.4, 0.5) is 0 Å². The van der Waals surface area contributed by atoms with Crippen LogP contribution < -0.4 is 5.56 Å². The van der Waals surface area contributed by atoms with Gasteiger partial charge in [0.2, 0.25) is 5.91 Å². The van der Waals surface area contributed by atoms with Crippen LogP contribution in [-0.2, 0) is 16.1 Å². The minimum Gasteiger partial charge on any atom is -0.375 e. The van der Waals surface area contributed by atoms with Crippen molar-refractivity contribution in [3.05, 3.63) is 28.1 Å². The molecule has 1 aliphatic rings. The quantitative estimate of drug-likeness (QED) is 0.818. The van der Waals surface area contributed by atoms with Crippen LogP contribution in [0.15, 0.2) is 22.6 Å². The molecule has 1 saturated heterocycles. The number of hydrogen-bond donors (Lipinski definition) is 0. The second-order valence-corrected chi connectivity index (χ2v) is 5.73. The first-order valence-electron chi connectivity index (χ1n) is 6.47. The van der Waals surface area contributed by atoms with Gasteiger partial charge in [-0.25, -0.2) is 4.98 Å². The number of fused-ring (bicyclic) bond motifs is 1. The predicted octanol–water partition coefficient (Wildman–Crippen LogP) is 0.705. The Morgan fingerprint density at radius 2 is 2.45 bits per heavy atom. The average Bonchev–Trinajstić information content (AvgIpc) is 2.91. The van der Waals surface area contributed by atoms with Gasteiger partial charge in [-0.05, 0) is 18.4 Å². The van der Waals surface area contributed by atoms with Gasteiger partial charge in [-0.3, -0.25) is 14.2 Å². The van der Waals surface area contributed by atoms with Gasteiger partial charge in [0.15, 0.2) is 0 Å². The summed E-state index contributed by atoms with van der Waals surface area (Å²) in [5.74, 6) is -0.0707. The van der Waals surface area contributed by atoms with Gasteiger partial charge in [0, 0.05) is 13.1 Å². The van der Waals surface area contributed by atoms with Crippen molar-refractivity contribution < 1.29 is 9.53 Å². The molecule has 6 nitrogen and oxygen atoms in total. The molecule has 0 N–H and O–H groups in total. The van der Waals surface area contributed by atoms with Crippen molar-refractivity contribution in [2.24, 2.45) is 0 Å². The van der Waals surface area contributed by atoms with E-state index >= 15 is 0 Å². The number of thiophene rings is 1. The van der Waals surface area contributed by atoms with Gasteiger partial charge in [-0.1, -0.05) is 0 Å². The molecular weight excluding hydrogens is 278 g/mol. The van der Waals surface area contributed by atoms with Crippen molar-refractivity contribution >= 4 is 27.5 Å². The van der Waals surface area contributed by atoms with Crippen molar-refractivity contribution in [2.45, 2.75) is 19.6 Å². The minimum absolute atomic E-state index is 0.0321. The summed E-state index contributed by atoms with van der Waals surface area (Å²) in [4.78, 5) is 31.1. The summed E-state index contributed by atoms with van der Waals surface area (Å²) in [6, 6.07) is 1.74. The van der Waals surface area contributed by atoms with E-state index in [1.807, 2.05) is 12.3 Å². The fraction of sp³-hybridized carbons (Fsp3) is 0.462. The molecule has 0 radical (unpaired) electrons. The van der Waals surface area contributed by atoms with Gasteiger partial charge in [-0.2, -0.15) is 0 Å². The van der Waals surface area contributed by atoms with E-state index in [4.69, 9.17) is 4.74 Å². The molecule has 0 spiro atoms. The standard InChI is InChI=1S/C13H15N3O3S/c1-9-6-15(3-4-19-9)11(17)7-16-8-14-12-10(13(16)18)2-5-20-12/h2,5,8-9H,3-4,6-7H2,1H3/t9-/m0/s1. The van der Waals surface area contributed by atoms with Gasteiger partial charge in [0.1, 0.15) is 11.4 Å². The van der Waals surface area contributed by atoms with Crippen LogP contribution in [0, 0.1) is 0 Å². The third kappa shape index (κ3) is 2.46. The maximum Gasteiger partial charge on any atom is 0.262 e. The molecule has 3 rings (SSSR count). The first-order valence-corrected chi connectivity index (χ1v) is 7.35. The Balaban J connectivity index is 1.80. The molecule has 0 aromatic carbocycles. The first-order chi connectivity index (χ1) is 9.65. The van der Waals surface area contributed by atoms with Crippen LogP contribution in [0.1, 0.15) is 6.92 Å². The number of carbonyl (C=O) groups excluding carboxylic acids is 1. The highest BCUT2D eigenvalue weighted by Crippen LogP contribution is 2.13. The number of hydrogen-bond acceptors (Lipinski definition) is 5. The van der Waals surface area contributed by atoms with Crippen molar-refractivity contribution in [3.8, 4) is 0 Å². The second kappa shape index (κ2) is 5.34. The maximum atomic E-state index is 12.2. The zero-order chi connectivity index (χ0) is 14.1. The molecule has 1 amide bonds. The molecule has 2 aromatic rings. The van der Waals surface area contributed by atoms with Gasteiger partial charge >= 0.3 is 0 Å². The van der Waals surface area contributed by atoms with E-state index in [1.165, 1.54) is 22.2 Å². The smallest absolute Gasteiger partial charge is 0.262 e. The van der Waals surface area contributed by atoms with Crippen LogP contribution >= 0.6 is 11.3 Å². The zero-order valence-corrected chi connectivity index (χ0v) is 11.9. The van der Waals surface area contributed by atoms with E-state index in [1.54, 1.807) is 11.0 Å². The van der Waals surface area contributed by atoms with E-state index in [9.17, 15) is 9.59 Å². The lowest BCUT2D eigenvalue weighted by Crippen LogP contribution is -2.46. The summed E-state index contributed by atoms with van der Waals surface area (Å²) in [7, 11) is 0. The molecule has 0 saturated carbocycles. The molecule has 2 aromatic heterocycles. The third-order valence-corrected chi connectivity index (χ3v) is 4.17. The Kier molecular flexibility index (Phi) is 3.54. The van der Waals surface area contributed by atoms with E-state index in [2.05, 4.69) is 4.98 Å². The highest BCUT2D eigenvalue weighted by atomic mass is 32.1. The summed E-state index contributed by atoms with van der Waals surface area (Å²) < 4.78 is 6.78. The monoisotopic (exact) mass is 293 g/mol. The Morgan fingerprint density at radius 3 is 3.25 bits per heavy atom. The van der Waals surface area contributed by atoms with Gasteiger partial charge in [0.25, 0.3) is 5.56 Å².